The molecule has 1 aliphatic rings. The molecule has 0 bridgehead atoms. The Bertz CT molecular complexity index is 934. The Balaban J connectivity index is 1.60. The first-order valence-electron chi connectivity index (χ1n) is 10.2. The van der Waals surface area contributed by atoms with Crippen LogP contribution >= 0.6 is 11.6 Å². The molecule has 0 amide bonds. The van der Waals surface area contributed by atoms with Crippen LogP contribution in [0.3, 0.4) is 0 Å². The van der Waals surface area contributed by atoms with E-state index in [0.29, 0.717) is 24.8 Å². The number of ether oxygens (including phenoxy) is 2. The van der Waals surface area contributed by atoms with E-state index < -0.39 is 5.60 Å². The zero-order chi connectivity index (χ0) is 20.8. The molecule has 0 aliphatic carbocycles. The minimum absolute atomic E-state index is 0.207. The number of rotatable bonds is 7. The summed E-state index contributed by atoms with van der Waals surface area (Å²) in [7, 11) is 0. The van der Waals surface area contributed by atoms with E-state index in [1.807, 2.05) is 42.5 Å². The highest BCUT2D eigenvalue weighted by molar-refractivity contribution is 6.30. The van der Waals surface area contributed by atoms with Crippen LogP contribution in [0, 0.1) is 5.82 Å². The van der Waals surface area contributed by atoms with Gasteiger partial charge in [-0.25, -0.2) is 4.39 Å². The fourth-order valence-electron chi connectivity index (χ4n) is 3.90. The Kier molecular flexibility index (Phi) is 6.80. The average Bonchev–Trinajstić information content (AvgIpc) is 2.79. The number of piperidine rings is 1. The van der Waals surface area contributed by atoms with Gasteiger partial charge < -0.3 is 14.8 Å². The highest BCUT2D eigenvalue weighted by Gasteiger charge is 2.44. The van der Waals surface area contributed by atoms with Crippen LogP contribution in [-0.2, 0) is 28.3 Å². The molecule has 1 N–H and O–H groups in total. The van der Waals surface area contributed by atoms with E-state index in [1.165, 1.54) is 12.1 Å². The summed E-state index contributed by atoms with van der Waals surface area (Å²) in [6, 6.07) is 24.4. The largest absolute Gasteiger partial charge is 0.369 e. The molecule has 3 aromatic rings. The quantitative estimate of drug-likeness (QED) is 0.544. The standard InChI is InChI=1S/C25H25ClFNO2/c26-22-10-8-21(9-11-22)25(30-18-19-4-2-1-3-5-19)14-15-28-16-24(25)29-17-20-6-12-23(27)13-7-20/h1-13,24,28H,14-18H2. The predicted molar refractivity (Wildman–Crippen MR) is 117 cm³/mol. The molecule has 0 radical (unpaired) electrons. The molecule has 0 saturated carbocycles. The van der Waals surface area contributed by atoms with E-state index in [2.05, 4.69) is 17.4 Å². The molecule has 1 aliphatic heterocycles. The van der Waals surface area contributed by atoms with Crippen LogP contribution in [0.15, 0.2) is 78.9 Å². The van der Waals surface area contributed by atoms with Crippen molar-refractivity contribution in [3.05, 3.63) is 106 Å². The summed E-state index contributed by atoms with van der Waals surface area (Å²) in [5.41, 5.74) is 2.48. The summed E-state index contributed by atoms with van der Waals surface area (Å²) in [5.74, 6) is -0.250. The summed E-state index contributed by atoms with van der Waals surface area (Å²) in [6.45, 7) is 2.36. The molecule has 1 heterocycles. The minimum atomic E-state index is -0.605. The van der Waals surface area contributed by atoms with Crippen molar-refractivity contribution in [1.82, 2.24) is 5.32 Å². The number of benzene rings is 3. The Morgan fingerprint density at radius 1 is 0.900 bits per heavy atom. The predicted octanol–water partition coefficient (Wildman–Crippen LogP) is 5.47. The third-order valence-electron chi connectivity index (χ3n) is 5.56. The lowest BCUT2D eigenvalue weighted by molar-refractivity contribution is -0.176. The van der Waals surface area contributed by atoms with Gasteiger partial charge >= 0.3 is 0 Å². The maximum atomic E-state index is 13.2. The van der Waals surface area contributed by atoms with Gasteiger partial charge in [0.25, 0.3) is 0 Å². The average molecular weight is 426 g/mol. The highest BCUT2D eigenvalue weighted by atomic mass is 35.5. The molecule has 1 fully saturated rings. The first-order chi connectivity index (χ1) is 14.7. The van der Waals surface area contributed by atoms with Crippen molar-refractivity contribution in [2.45, 2.75) is 31.3 Å². The molecule has 3 aromatic carbocycles. The van der Waals surface area contributed by atoms with Gasteiger partial charge in [0.2, 0.25) is 0 Å². The SMILES string of the molecule is Fc1ccc(COC2CNCCC2(OCc2ccccc2)c2ccc(Cl)cc2)cc1. The van der Waals surface area contributed by atoms with Crippen molar-refractivity contribution in [3.63, 3.8) is 0 Å². The Labute approximate surface area is 181 Å². The lowest BCUT2D eigenvalue weighted by atomic mass is 9.82. The van der Waals surface area contributed by atoms with Gasteiger partial charge in [-0.3, -0.25) is 0 Å². The maximum absolute atomic E-state index is 13.2. The van der Waals surface area contributed by atoms with E-state index in [0.717, 1.165) is 29.7 Å². The molecule has 0 spiro atoms. The van der Waals surface area contributed by atoms with E-state index in [9.17, 15) is 4.39 Å². The summed E-state index contributed by atoms with van der Waals surface area (Å²) in [6.07, 6.45) is 0.566. The smallest absolute Gasteiger partial charge is 0.123 e. The molecule has 156 valence electrons. The van der Waals surface area contributed by atoms with Gasteiger partial charge in [-0.1, -0.05) is 66.2 Å². The van der Waals surface area contributed by atoms with Crippen molar-refractivity contribution in [1.29, 1.82) is 0 Å². The molecular formula is C25H25ClFNO2. The van der Waals surface area contributed by atoms with Crippen LogP contribution in [0.2, 0.25) is 5.02 Å². The molecule has 2 unspecified atom stereocenters. The van der Waals surface area contributed by atoms with Crippen LogP contribution in [0.4, 0.5) is 4.39 Å². The van der Waals surface area contributed by atoms with Gasteiger partial charge in [0.05, 0.1) is 13.2 Å². The molecule has 4 rings (SSSR count). The fourth-order valence-corrected chi connectivity index (χ4v) is 4.03. The lowest BCUT2D eigenvalue weighted by Crippen LogP contribution is -2.54. The topological polar surface area (TPSA) is 30.5 Å². The van der Waals surface area contributed by atoms with Gasteiger partial charge in [-0.2, -0.15) is 0 Å². The molecule has 5 heteroatoms. The molecule has 30 heavy (non-hydrogen) atoms. The second kappa shape index (κ2) is 9.71. The summed E-state index contributed by atoms with van der Waals surface area (Å²) < 4.78 is 26.2. The van der Waals surface area contributed by atoms with Crippen molar-refractivity contribution in [3.8, 4) is 0 Å². The second-order valence-electron chi connectivity index (χ2n) is 7.55. The van der Waals surface area contributed by atoms with Crippen LogP contribution in [0.1, 0.15) is 23.1 Å². The van der Waals surface area contributed by atoms with Crippen LogP contribution in [-0.4, -0.2) is 19.2 Å². The molecule has 0 aromatic heterocycles. The van der Waals surface area contributed by atoms with Crippen molar-refractivity contribution in [2.24, 2.45) is 0 Å². The molecule has 2 atom stereocenters. The van der Waals surface area contributed by atoms with E-state index in [-0.39, 0.29) is 11.9 Å². The second-order valence-corrected chi connectivity index (χ2v) is 7.99. The minimum Gasteiger partial charge on any atom is -0.369 e. The zero-order valence-electron chi connectivity index (χ0n) is 16.7. The Morgan fingerprint density at radius 2 is 1.60 bits per heavy atom. The van der Waals surface area contributed by atoms with Gasteiger partial charge in [0.1, 0.15) is 17.5 Å². The third kappa shape index (κ3) is 4.90. The highest BCUT2D eigenvalue weighted by Crippen LogP contribution is 2.38. The third-order valence-corrected chi connectivity index (χ3v) is 5.81. The molecule has 1 saturated heterocycles. The van der Waals surface area contributed by atoms with Crippen LogP contribution in [0.25, 0.3) is 0 Å². The van der Waals surface area contributed by atoms with Gasteiger partial charge in [-0.15, -0.1) is 0 Å². The first-order valence-corrected chi connectivity index (χ1v) is 10.5. The zero-order valence-corrected chi connectivity index (χ0v) is 17.4. The molecular weight excluding hydrogens is 401 g/mol. The van der Waals surface area contributed by atoms with Gasteiger partial charge in [-0.05, 0) is 53.9 Å². The summed E-state index contributed by atoms with van der Waals surface area (Å²) in [4.78, 5) is 0. The van der Waals surface area contributed by atoms with E-state index >= 15 is 0 Å². The first kappa shape index (κ1) is 21.0. The van der Waals surface area contributed by atoms with Crippen molar-refractivity contribution in [2.75, 3.05) is 13.1 Å². The summed E-state index contributed by atoms with van der Waals surface area (Å²) >= 11 is 6.14. The van der Waals surface area contributed by atoms with Gasteiger partial charge in [0.15, 0.2) is 0 Å². The molecule has 3 nitrogen and oxygen atoms in total. The van der Waals surface area contributed by atoms with E-state index in [1.54, 1.807) is 12.1 Å². The van der Waals surface area contributed by atoms with Crippen LogP contribution < -0.4 is 5.32 Å². The number of hydrogen-bond donors (Lipinski definition) is 1. The van der Waals surface area contributed by atoms with Gasteiger partial charge in [0, 0.05) is 11.6 Å². The lowest BCUT2D eigenvalue weighted by Gasteiger charge is -2.44. The van der Waals surface area contributed by atoms with Crippen LogP contribution in [0.5, 0.6) is 0 Å². The van der Waals surface area contributed by atoms with E-state index in [4.69, 9.17) is 21.1 Å². The number of hydrogen-bond acceptors (Lipinski definition) is 3. The maximum Gasteiger partial charge on any atom is 0.123 e. The Morgan fingerprint density at radius 3 is 2.33 bits per heavy atom. The Hall–Kier alpha value is -2.24. The van der Waals surface area contributed by atoms with Crippen molar-refractivity contribution < 1.29 is 13.9 Å². The monoisotopic (exact) mass is 425 g/mol. The normalized spacial score (nSPS) is 21.5. The fraction of sp³-hybridized carbons (Fsp3) is 0.280. The summed E-state index contributed by atoms with van der Waals surface area (Å²) in [5, 5.41) is 4.11. The number of nitrogens with one attached hydrogen (secondary N) is 1. The number of halogens is 2. The van der Waals surface area contributed by atoms with Crippen molar-refractivity contribution >= 4 is 11.6 Å².